The second-order valence-corrected chi connectivity index (χ2v) is 9.96. The van der Waals surface area contributed by atoms with E-state index in [0.717, 1.165) is 18.6 Å². The maximum atomic E-state index is 11.8. The van der Waals surface area contributed by atoms with Gasteiger partial charge in [0, 0.05) is 21.8 Å². The van der Waals surface area contributed by atoms with Gasteiger partial charge in [-0.3, -0.25) is 4.79 Å². The van der Waals surface area contributed by atoms with Crippen LogP contribution in [-0.4, -0.2) is 28.5 Å². The van der Waals surface area contributed by atoms with Gasteiger partial charge in [-0.2, -0.15) is 11.8 Å². The van der Waals surface area contributed by atoms with Crippen molar-refractivity contribution in [2.75, 3.05) is 12.4 Å². The van der Waals surface area contributed by atoms with Crippen molar-refractivity contribution in [3.63, 3.8) is 0 Å². The normalized spacial score (nSPS) is 45.4. The maximum absolute atomic E-state index is 11.8. The zero-order valence-corrected chi connectivity index (χ0v) is 16.1. The molecule has 3 fully saturated rings. The summed E-state index contributed by atoms with van der Waals surface area (Å²) in [5.74, 6) is 3.11. The van der Waals surface area contributed by atoms with Crippen LogP contribution in [0, 0.1) is 28.6 Å². The first-order valence-corrected chi connectivity index (χ1v) is 10.9. The number of hydrogen-bond donors (Lipinski definition) is 1. The van der Waals surface area contributed by atoms with Crippen LogP contribution in [0.3, 0.4) is 0 Å². The van der Waals surface area contributed by atoms with Gasteiger partial charge < -0.3 is 5.11 Å². The van der Waals surface area contributed by atoms with Crippen molar-refractivity contribution in [3.05, 3.63) is 36.5 Å². The maximum Gasteiger partial charge on any atom is 0.178 e. The van der Waals surface area contributed by atoms with Crippen LogP contribution in [0.2, 0.25) is 0 Å². The molecule has 4 aliphatic carbocycles. The number of carbonyl (C=O) groups is 1. The molecule has 0 aliphatic heterocycles. The van der Waals surface area contributed by atoms with Crippen LogP contribution in [0.4, 0.5) is 0 Å². The third-order valence-corrected chi connectivity index (χ3v) is 9.44. The fourth-order valence-corrected chi connectivity index (χ4v) is 8.06. The Morgan fingerprint density at radius 1 is 1.32 bits per heavy atom. The fraction of sp³-hybridized carbons (Fsp3) is 0.682. The van der Waals surface area contributed by atoms with Crippen molar-refractivity contribution in [1.82, 2.24) is 0 Å². The molecule has 0 amide bonds. The lowest BCUT2D eigenvalue weighted by Crippen LogP contribution is -2.52. The van der Waals surface area contributed by atoms with E-state index in [-0.39, 0.29) is 16.6 Å². The zero-order chi connectivity index (χ0) is 17.7. The third-order valence-electron chi connectivity index (χ3n) is 7.90. The number of hydrogen-bond acceptors (Lipinski definition) is 3. The van der Waals surface area contributed by atoms with E-state index in [1.54, 1.807) is 6.08 Å². The molecule has 4 aliphatic rings. The van der Waals surface area contributed by atoms with Crippen molar-refractivity contribution in [1.29, 1.82) is 0 Å². The van der Waals surface area contributed by atoms with E-state index in [2.05, 4.69) is 19.6 Å². The minimum Gasteiger partial charge on any atom is -0.396 e. The lowest BCUT2D eigenvalue weighted by Gasteiger charge is -2.57. The van der Waals surface area contributed by atoms with Crippen molar-refractivity contribution >= 4 is 17.5 Å². The number of aliphatic hydroxyl groups is 1. The van der Waals surface area contributed by atoms with Gasteiger partial charge in [-0.05, 0) is 68.4 Å². The number of fused-ring (bicyclic) bond motifs is 5. The van der Waals surface area contributed by atoms with Crippen molar-refractivity contribution < 1.29 is 9.90 Å². The van der Waals surface area contributed by atoms with Crippen LogP contribution in [0.1, 0.15) is 45.4 Å². The van der Waals surface area contributed by atoms with Crippen LogP contribution < -0.4 is 0 Å². The van der Waals surface area contributed by atoms with Gasteiger partial charge in [0.15, 0.2) is 5.78 Å². The molecule has 0 heterocycles. The molecule has 3 heteroatoms. The first-order chi connectivity index (χ1) is 12.0. The zero-order valence-electron chi connectivity index (χ0n) is 15.2. The molecule has 0 radical (unpaired) electrons. The van der Waals surface area contributed by atoms with Gasteiger partial charge in [-0.25, -0.2) is 0 Å². The highest BCUT2D eigenvalue weighted by Gasteiger charge is 2.60. The van der Waals surface area contributed by atoms with E-state index >= 15 is 0 Å². The molecule has 0 aromatic heterocycles. The standard InChI is InChI=1S/C22H30O2S/c1-3-12-25-20-7-6-19-17-5-4-15-13-16(24)8-10-21(15,2)18(17)9-11-22(19,20)14-23/h3,8,10,13,17-20,23H,1,4-7,9,11-12,14H2,2H3/t17-,18+,19+,20?,21+,22-/m1/s1. The lowest BCUT2D eigenvalue weighted by molar-refractivity contribution is -0.111. The smallest absolute Gasteiger partial charge is 0.178 e. The predicted octanol–water partition coefficient (Wildman–Crippen LogP) is 4.55. The van der Waals surface area contributed by atoms with E-state index in [1.807, 2.05) is 23.9 Å². The number of rotatable bonds is 4. The number of carbonyl (C=O) groups excluding carboxylic acids is 1. The lowest BCUT2D eigenvalue weighted by atomic mass is 9.48. The number of allylic oxidation sites excluding steroid dienone is 4. The highest BCUT2D eigenvalue weighted by Crippen LogP contribution is 2.66. The van der Waals surface area contributed by atoms with Crippen LogP contribution in [0.5, 0.6) is 0 Å². The molecule has 136 valence electrons. The first kappa shape index (κ1) is 17.6. The number of thioether (sulfide) groups is 1. The summed E-state index contributed by atoms with van der Waals surface area (Å²) in [7, 11) is 0. The topological polar surface area (TPSA) is 37.3 Å². The summed E-state index contributed by atoms with van der Waals surface area (Å²) in [6, 6.07) is 0. The molecule has 1 N–H and O–H groups in total. The van der Waals surface area contributed by atoms with Crippen molar-refractivity contribution in [2.45, 2.75) is 50.7 Å². The summed E-state index contributed by atoms with van der Waals surface area (Å²) >= 11 is 2.01. The summed E-state index contributed by atoms with van der Waals surface area (Å²) in [5.41, 5.74) is 1.53. The van der Waals surface area contributed by atoms with Gasteiger partial charge in [0.2, 0.25) is 0 Å². The van der Waals surface area contributed by atoms with Crippen molar-refractivity contribution in [2.24, 2.45) is 28.6 Å². The van der Waals surface area contributed by atoms with Gasteiger partial charge in [0.1, 0.15) is 0 Å². The molecule has 1 unspecified atom stereocenters. The second-order valence-electron chi connectivity index (χ2n) is 8.72. The third kappa shape index (κ3) is 2.53. The molecule has 0 saturated heterocycles. The molecule has 0 aromatic carbocycles. The summed E-state index contributed by atoms with van der Waals surface area (Å²) in [4.78, 5) is 11.8. The molecular weight excluding hydrogens is 328 g/mol. The van der Waals surface area contributed by atoms with Crippen LogP contribution in [0.15, 0.2) is 36.5 Å². The van der Waals surface area contributed by atoms with E-state index < -0.39 is 0 Å². The molecular formula is C22H30O2S. The minimum absolute atomic E-state index is 0.0603. The quantitative estimate of drug-likeness (QED) is 0.749. The number of aliphatic hydroxyl groups excluding tert-OH is 1. The van der Waals surface area contributed by atoms with E-state index in [1.165, 1.54) is 31.3 Å². The molecule has 3 saturated carbocycles. The van der Waals surface area contributed by atoms with Crippen LogP contribution >= 0.6 is 11.8 Å². The van der Waals surface area contributed by atoms with Gasteiger partial charge in [-0.15, -0.1) is 6.58 Å². The Kier molecular flexibility index (Phi) is 4.52. The fourth-order valence-electron chi connectivity index (χ4n) is 6.69. The molecule has 0 aromatic rings. The van der Waals surface area contributed by atoms with Gasteiger partial charge in [0.25, 0.3) is 0 Å². The molecule has 0 bridgehead atoms. The largest absolute Gasteiger partial charge is 0.396 e. The Morgan fingerprint density at radius 3 is 2.92 bits per heavy atom. The number of ketones is 1. The van der Waals surface area contributed by atoms with Crippen LogP contribution in [0.25, 0.3) is 0 Å². The first-order valence-electron chi connectivity index (χ1n) is 9.83. The summed E-state index contributed by atoms with van der Waals surface area (Å²) in [6.45, 7) is 6.56. The van der Waals surface area contributed by atoms with Crippen LogP contribution in [-0.2, 0) is 4.79 Å². The van der Waals surface area contributed by atoms with E-state index in [9.17, 15) is 9.90 Å². The highest BCUT2D eigenvalue weighted by molar-refractivity contribution is 8.00. The Bertz CT molecular complexity index is 636. The summed E-state index contributed by atoms with van der Waals surface area (Å²) in [5, 5.41) is 11.0. The Labute approximate surface area is 155 Å². The SMILES string of the molecule is C=CCSC1CC[C@H]2[C@@H]3CCC4=CC(=O)C=C[C@]4(C)[C@H]3CC[C@]12CO. The Balaban J connectivity index is 1.63. The van der Waals surface area contributed by atoms with Gasteiger partial charge in [0.05, 0.1) is 6.61 Å². The molecule has 0 spiro atoms. The summed E-state index contributed by atoms with van der Waals surface area (Å²) in [6.07, 6.45) is 14.9. The van der Waals surface area contributed by atoms with Gasteiger partial charge in [-0.1, -0.05) is 24.6 Å². The minimum atomic E-state index is 0.0603. The average Bonchev–Trinajstić information content (AvgIpc) is 2.99. The molecule has 2 nitrogen and oxygen atoms in total. The second kappa shape index (κ2) is 6.42. The predicted molar refractivity (Wildman–Crippen MR) is 104 cm³/mol. The highest BCUT2D eigenvalue weighted by atomic mass is 32.2. The molecule has 4 rings (SSSR count). The molecule has 6 atom stereocenters. The van der Waals surface area contributed by atoms with Crippen molar-refractivity contribution in [3.8, 4) is 0 Å². The average molecular weight is 359 g/mol. The summed E-state index contributed by atoms with van der Waals surface area (Å²) < 4.78 is 0. The Hall–Kier alpha value is -0.800. The van der Waals surface area contributed by atoms with E-state index in [4.69, 9.17) is 0 Å². The Morgan fingerprint density at radius 2 is 2.16 bits per heavy atom. The monoisotopic (exact) mass is 358 g/mol. The molecule has 25 heavy (non-hydrogen) atoms. The van der Waals surface area contributed by atoms with Gasteiger partial charge >= 0.3 is 0 Å². The van der Waals surface area contributed by atoms with E-state index in [0.29, 0.717) is 29.6 Å².